The van der Waals surface area contributed by atoms with Crippen LogP contribution in [0.3, 0.4) is 0 Å². The molecule has 7 nitrogen and oxygen atoms in total. The van der Waals surface area contributed by atoms with Crippen molar-refractivity contribution < 1.29 is 9.59 Å². The minimum atomic E-state index is -0.711. The fourth-order valence-electron chi connectivity index (χ4n) is 2.87. The van der Waals surface area contributed by atoms with Gasteiger partial charge in [-0.3, -0.25) is 9.69 Å². The second kappa shape index (κ2) is 5.38. The van der Waals surface area contributed by atoms with Crippen LogP contribution >= 0.6 is 11.8 Å². The zero-order valence-corrected chi connectivity index (χ0v) is 13.1. The lowest BCUT2D eigenvalue weighted by Crippen LogP contribution is -2.46. The Balaban J connectivity index is 1.54. The Morgan fingerprint density at radius 2 is 2.09 bits per heavy atom. The smallest absolute Gasteiger partial charge is 0.322 e. The van der Waals surface area contributed by atoms with Gasteiger partial charge in [-0.15, -0.1) is 0 Å². The highest BCUT2D eigenvalue weighted by Crippen LogP contribution is 2.33. The van der Waals surface area contributed by atoms with Crippen molar-refractivity contribution in [3.05, 3.63) is 42.2 Å². The molecule has 0 radical (unpaired) electrons. The highest BCUT2D eigenvalue weighted by Gasteiger charge is 2.52. The average molecular weight is 329 g/mol. The van der Waals surface area contributed by atoms with Gasteiger partial charge in [-0.2, -0.15) is 26.8 Å². The maximum Gasteiger partial charge on any atom is 0.325 e. The molecule has 2 aliphatic heterocycles. The van der Waals surface area contributed by atoms with E-state index in [1.807, 2.05) is 30.3 Å². The van der Waals surface area contributed by atoms with Crippen molar-refractivity contribution in [1.29, 1.82) is 0 Å². The molecule has 0 unspecified atom stereocenters. The molecule has 3 heterocycles. The maximum atomic E-state index is 12.6. The Morgan fingerprint density at radius 1 is 1.26 bits per heavy atom. The number of benzene rings is 1. The van der Waals surface area contributed by atoms with Crippen LogP contribution in [0.15, 0.2) is 36.5 Å². The number of nitrogens with one attached hydrogen (secondary N) is 1. The van der Waals surface area contributed by atoms with E-state index in [1.54, 1.807) is 18.0 Å². The minimum Gasteiger partial charge on any atom is -0.322 e. The minimum absolute atomic E-state index is 0.143. The molecule has 3 amide bonds. The molecule has 0 bridgehead atoms. The number of nitrogens with zero attached hydrogens (tertiary/aromatic N) is 4. The lowest BCUT2D eigenvalue weighted by molar-refractivity contribution is -0.130. The highest BCUT2D eigenvalue weighted by molar-refractivity contribution is 7.99. The summed E-state index contributed by atoms with van der Waals surface area (Å²) in [5, 5.41) is 11.4. The first kappa shape index (κ1) is 14.3. The number of carbonyl (C=O) groups is 2. The zero-order chi connectivity index (χ0) is 15.9. The third-order valence-electron chi connectivity index (χ3n) is 4.11. The van der Waals surface area contributed by atoms with E-state index >= 15 is 0 Å². The van der Waals surface area contributed by atoms with Gasteiger partial charge in [-0.25, -0.2) is 4.79 Å². The largest absolute Gasteiger partial charge is 0.325 e. The normalized spacial score (nSPS) is 23.7. The summed E-state index contributed by atoms with van der Waals surface area (Å²) in [7, 11) is 0. The number of para-hydroxylation sites is 1. The van der Waals surface area contributed by atoms with Crippen molar-refractivity contribution >= 4 is 23.7 Å². The standard InChI is InChI=1S/C15H15N5O2S/c21-13-15(6-7-23-10-15)17-14(22)19(13)9-11-8-16-20(18-11)12-4-2-1-3-5-12/h1-5,8H,6-7,9-10H2,(H,17,22)/t15-/m0/s1. The van der Waals surface area contributed by atoms with Gasteiger partial charge in [0.2, 0.25) is 0 Å². The van der Waals surface area contributed by atoms with Crippen LogP contribution in [0, 0.1) is 0 Å². The molecular weight excluding hydrogens is 314 g/mol. The van der Waals surface area contributed by atoms with E-state index in [9.17, 15) is 9.59 Å². The summed E-state index contributed by atoms with van der Waals surface area (Å²) in [6.45, 7) is 0.143. The van der Waals surface area contributed by atoms with E-state index < -0.39 is 5.54 Å². The maximum absolute atomic E-state index is 12.6. The van der Waals surface area contributed by atoms with E-state index in [2.05, 4.69) is 15.5 Å². The molecule has 2 fully saturated rings. The van der Waals surface area contributed by atoms with Crippen molar-refractivity contribution in [3.8, 4) is 5.69 Å². The number of hydrogen-bond donors (Lipinski definition) is 1. The van der Waals surface area contributed by atoms with Gasteiger partial charge in [0.15, 0.2) is 0 Å². The highest BCUT2D eigenvalue weighted by atomic mass is 32.2. The molecule has 0 aliphatic carbocycles. The molecule has 0 saturated carbocycles. The average Bonchev–Trinajstić information content (AvgIpc) is 3.27. The number of amides is 3. The van der Waals surface area contributed by atoms with Crippen LogP contribution in [0.1, 0.15) is 12.1 Å². The molecule has 118 valence electrons. The lowest BCUT2D eigenvalue weighted by Gasteiger charge is -2.18. The van der Waals surface area contributed by atoms with E-state index in [1.165, 1.54) is 9.70 Å². The van der Waals surface area contributed by atoms with Gasteiger partial charge in [0, 0.05) is 5.75 Å². The summed E-state index contributed by atoms with van der Waals surface area (Å²) in [6.07, 6.45) is 2.28. The Labute approximate surface area is 137 Å². The van der Waals surface area contributed by atoms with Crippen LogP contribution in [0.4, 0.5) is 4.79 Å². The summed E-state index contributed by atoms with van der Waals surface area (Å²) < 4.78 is 0. The van der Waals surface area contributed by atoms with Gasteiger partial charge < -0.3 is 5.32 Å². The molecule has 23 heavy (non-hydrogen) atoms. The van der Waals surface area contributed by atoms with Gasteiger partial charge in [-0.1, -0.05) is 18.2 Å². The fraction of sp³-hybridized carbons (Fsp3) is 0.333. The Bertz CT molecular complexity index is 754. The van der Waals surface area contributed by atoms with Crippen LogP contribution in [0.2, 0.25) is 0 Å². The Morgan fingerprint density at radius 3 is 2.83 bits per heavy atom. The van der Waals surface area contributed by atoms with Gasteiger partial charge >= 0.3 is 6.03 Å². The summed E-state index contributed by atoms with van der Waals surface area (Å²) in [4.78, 5) is 27.5. The van der Waals surface area contributed by atoms with Crippen molar-refractivity contribution in [2.45, 2.75) is 18.5 Å². The van der Waals surface area contributed by atoms with Crippen molar-refractivity contribution in [3.63, 3.8) is 0 Å². The van der Waals surface area contributed by atoms with Gasteiger partial charge in [-0.05, 0) is 24.3 Å². The molecule has 4 rings (SSSR count). The predicted octanol–water partition coefficient (Wildman–Crippen LogP) is 1.19. The first-order valence-corrected chi connectivity index (χ1v) is 8.52. The van der Waals surface area contributed by atoms with Crippen molar-refractivity contribution in [2.75, 3.05) is 11.5 Å². The van der Waals surface area contributed by atoms with E-state index in [0.29, 0.717) is 17.9 Å². The molecule has 2 aliphatic rings. The molecule has 1 N–H and O–H groups in total. The summed E-state index contributed by atoms with van der Waals surface area (Å²) in [6, 6.07) is 9.16. The Kier molecular flexibility index (Phi) is 3.33. The van der Waals surface area contributed by atoms with Gasteiger partial charge in [0.05, 0.1) is 18.4 Å². The number of hydrogen-bond acceptors (Lipinski definition) is 5. The number of aromatic nitrogens is 3. The summed E-state index contributed by atoms with van der Waals surface area (Å²) in [5.74, 6) is 1.39. The molecule has 2 aromatic rings. The predicted molar refractivity (Wildman–Crippen MR) is 85.1 cm³/mol. The first-order valence-electron chi connectivity index (χ1n) is 7.36. The molecule has 2 saturated heterocycles. The van der Waals surface area contributed by atoms with Crippen molar-refractivity contribution in [1.82, 2.24) is 25.2 Å². The molecule has 1 aromatic carbocycles. The molecule has 1 spiro atoms. The SMILES string of the molecule is O=C1N[C@]2(CCSC2)C(=O)N1Cc1cnn(-c2ccccc2)n1. The lowest BCUT2D eigenvalue weighted by atomic mass is 9.99. The summed E-state index contributed by atoms with van der Waals surface area (Å²) in [5.41, 5.74) is 0.705. The van der Waals surface area contributed by atoms with Crippen LogP contribution in [0.25, 0.3) is 5.69 Å². The van der Waals surface area contributed by atoms with E-state index in [-0.39, 0.29) is 18.5 Å². The number of thioether (sulfide) groups is 1. The van der Waals surface area contributed by atoms with Crippen LogP contribution in [-0.2, 0) is 11.3 Å². The van der Waals surface area contributed by atoms with Crippen LogP contribution in [0.5, 0.6) is 0 Å². The third-order valence-corrected chi connectivity index (χ3v) is 5.30. The van der Waals surface area contributed by atoms with E-state index in [4.69, 9.17) is 0 Å². The second-order valence-corrected chi connectivity index (χ2v) is 6.77. The molecule has 1 aromatic heterocycles. The number of carbonyl (C=O) groups excluding carboxylic acids is 2. The quantitative estimate of drug-likeness (QED) is 0.856. The molecule has 1 atom stereocenters. The monoisotopic (exact) mass is 329 g/mol. The molecular formula is C15H15N5O2S. The van der Waals surface area contributed by atoms with E-state index in [0.717, 1.165) is 11.4 Å². The van der Waals surface area contributed by atoms with Crippen molar-refractivity contribution in [2.24, 2.45) is 0 Å². The van der Waals surface area contributed by atoms with Crippen LogP contribution < -0.4 is 5.32 Å². The summed E-state index contributed by atoms with van der Waals surface area (Å²) >= 11 is 1.69. The fourth-order valence-corrected chi connectivity index (χ4v) is 4.19. The van der Waals surface area contributed by atoms with Crippen LogP contribution in [-0.4, -0.2) is 48.9 Å². The third kappa shape index (κ3) is 2.39. The van der Waals surface area contributed by atoms with Gasteiger partial charge in [0.1, 0.15) is 11.2 Å². The zero-order valence-electron chi connectivity index (χ0n) is 12.3. The topological polar surface area (TPSA) is 80.1 Å². The number of rotatable bonds is 3. The van der Waals surface area contributed by atoms with Gasteiger partial charge in [0.25, 0.3) is 5.91 Å². The second-order valence-electron chi connectivity index (χ2n) is 5.67. The molecule has 8 heteroatoms. The number of urea groups is 1. The Hall–Kier alpha value is -2.35. The first-order chi connectivity index (χ1) is 11.2. The number of imide groups is 1.